The van der Waals surface area contributed by atoms with Gasteiger partial charge in [-0.05, 0) is 330 Å². The molecule has 28 aromatic rings. The Hall–Kier alpha value is -19.9. The number of hydrogen-bond donors (Lipinski definition) is 0. The Morgan fingerprint density at radius 1 is 0.100 bits per heavy atom. The summed E-state index contributed by atoms with van der Waals surface area (Å²) in [6.07, 6.45) is 0. The molecule has 0 unspecified atom stereocenters. The zero-order valence-corrected chi connectivity index (χ0v) is 82.3. The highest BCUT2D eigenvalue weighted by molar-refractivity contribution is 6.16. The molecule has 4 aromatic heterocycles. The van der Waals surface area contributed by atoms with Crippen LogP contribution in [0.5, 0.6) is 0 Å². The van der Waals surface area contributed by atoms with Crippen molar-refractivity contribution in [3.8, 4) is 134 Å². The topological polar surface area (TPSA) is 26.2 Å². The largest absolute Gasteiger partial charge is 0.311 e. The molecule has 0 aliphatic rings. The maximum Gasteiger partial charge on any atom is 0.0541 e. The molecule has 28 rings (SSSR count). The fraction of sp³-hybridized carbons (Fsp3) is 0. The second-order valence-corrected chi connectivity index (χ2v) is 38.6. The van der Waals surface area contributed by atoms with E-state index in [0.29, 0.717) is 0 Å². The lowest BCUT2D eigenvalue weighted by Gasteiger charge is -2.26. The van der Waals surface area contributed by atoms with Crippen LogP contribution in [0.3, 0.4) is 0 Å². The van der Waals surface area contributed by atoms with Crippen LogP contribution in [0, 0.1) is 0 Å². The van der Waals surface area contributed by atoms with Crippen molar-refractivity contribution in [2.45, 2.75) is 0 Å². The normalized spacial score (nSPS) is 11.5. The molecule has 0 radical (unpaired) electrons. The van der Waals surface area contributed by atoms with Gasteiger partial charge in [-0.1, -0.05) is 376 Å². The van der Waals surface area contributed by atoms with E-state index in [1.807, 2.05) is 0 Å². The number of rotatable bonds is 20. The highest BCUT2D eigenvalue weighted by Crippen LogP contribution is 2.48. The first-order valence-corrected chi connectivity index (χ1v) is 51.5. The van der Waals surface area contributed by atoms with Crippen LogP contribution in [-0.2, 0) is 0 Å². The summed E-state index contributed by atoms with van der Waals surface area (Å²) in [5, 5.41) is 9.83. The Balaban J connectivity index is 0.000000148. The molecular formula is C144H98N6. The van der Waals surface area contributed by atoms with Gasteiger partial charge in [-0.15, -0.1) is 0 Å². The van der Waals surface area contributed by atoms with Crippen molar-refractivity contribution >= 4 is 121 Å². The molecule has 0 atom stereocenters. The van der Waals surface area contributed by atoms with Gasteiger partial charge in [0.25, 0.3) is 0 Å². The number of aromatic nitrogens is 4. The van der Waals surface area contributed by atoms with E-state index in [-0.39, 0.29) is 0 Å². The first kappa shape index (κ1) is 89.0. The van der Waals surface area contributed by atoms with Crippen LogP contribution in [-0.4, -0.2) is 18.3 Å². The summed E-state index contributed by atoms with van der Waals surface area (Å²) >= 11 is 0. The molecule has 4 heterocycles. The molecule has 0 spiro atoms. The number of fused-ring (bicyclic) bond motifs is 12. The minimum Gasteiger partial charge on any atom is -0.311 e. The molecule has 0 amide bonds. The van der Waals surface area contributed by atoms with E-state index in [2.05, 4.69) is 623 Å². The molecule has 6 nitrogen and oxygen atoms in total. The molecule has 0 saturated carbocycles. The van der Waals surface area contributed by atoms with E-state index in [1.54, 1.807) is 0 Å². The van der Waals surface area contributed by atoms with Gasteiger partial charge in [-0.2, -0.15) is 0 Å². The highest BCUT2D eigenvalue weighted by atomic mass is 15.2. The molecule has 0 bridgehead atoms. The van der Waals surface area contributed by atoms with Gasteiger partial charge < -0.3 is 28.1 Å². The third-order valence-corrected chi connectivity index (χ3v) is 29.8. The van der Waals surface area contributed by atoms with Crippen LogP contribution in [0.15, 0.2) is 595 Å². The predicted molar refractivity (Wildman–Crippen MR) is 634 cm³/mol. The van der Waals surface area contributed by atoms with Crippen molar-refractivity contribution in [2.75, 3.05) is 9.80 Å². The van der Waals surface area contributed by atoms with Gasteiger partial charge in [-0.25, -0.2) is 0 Å². The summed E-state index contributed by atoms with van der Waals surface area (Å²) in [5.41, 5.74) is 44.5. The van der Waals surface area contributed by atoms with Crippen molar-refractivity contribution in [1.29, 1.82) is 0 Å². The summed E-state index contributed by atoms with van der Waals surface area (Å²) in [6, 6.07) is 216. The molecule has 24 aromatic carbocycles. The third kappa shape index (κ3) is 16.5. The summed E-state index contributed by atoms with van der Waals surface area (Å²) in [4.78, 5) is 4.70. The van der Waals surface area contributed by atoms with Gasteiger partial charge >= 0.3 is 0 Å². The first-order valence-electron chi connectivity index (χ1n) is 51.5. The van der Waals surface area contributed by atoms with Crippen LogP contribution >= 0.6 is 0 Å². The summed E-state index contributed by atoms with van der Waals surface area (Å²) in [7, 11) is 0. The average molecular weight is 1910 g/mol. The van der Waals surface area contributed by atoms with Gasteiger partial charge in [0, 0.05) is 100.0 Å². The fourth-order valence-corrected chi connectivity index (χ4v) is 22.7. The van der Waals surface area contributed by atoms with Gasteiger partial charge in [0.15, 0.2) is 0 Å². The van der Waals surface area contributed by atoms with E-state index < -0.39 is 0 Å². The summed E-state index contributed by atoms with van der Waals surface area (Å²) in [6.45, 7) is 0. The Bertz CT molecular complexity index is 9590. The molecule has 0 saturated heterocycles. The quantitative estimate of drug-likeness (QED) is 0.0760. The first-order chi connectivity index (χ1) is 74.4. The van der Waals surface area contributed by atoms with Crippen LogP contribution in [0.2, 0.25) is 0 Å². The lowest BCUT2D eigenvalue weighted by atomic mass is 9.92. The number of anilines is 6. The third-order valence-electron chi connectivity index (χ3n) is 29.8. The van der Waals surface area contributed by atoms with E-state index in [1.165, 1.54) is 176 Å². The lowest BCUT2D eigenvalue weighted by molar-refractivity contribution is 1.17. The van der Waals surface area contributed by atoms with Gasteiger partial charge in [0.2, 0.25) is 0 Å². The van der Waals surface area contributed by atoms with Crippen molar-refractivity contribution < 1.29 is 0 Å². The molecule has 150 heavy (non-hydrogen) atoms. The molecule has 0 fully saturated rings. The van der Waals surface area contributed by atoms with E-state index >= 15 is 0 Å². The zero-order chi connectivity index (χ0) is 99.3. The molecular weight excluding hydrogens is 1810 g/mol. The van der Waals surface area contributed by atoms with Crippen molar-refractivity contribution in [3.63, 3.8) is 0 Å². The summed E-state index contributed by atoms with van der Waals surface area (Å²) in [5.74, 6) is 0. The highest BCUT2D eigenvalue weighted by Gasteiger charge is 2.25. The molecule has 6 heteroatoms. The monoisotopic (exact) mass is 1910 g/mol. The maximum atomic E-state index is 2.43. The number of para-hydroxylation sites is 6. The zero-order valence-electron chi connectivity index (χ0n) is 82.3. The van der Waals surface area contributed by atoms with E-state index in [4.69, 9.17) is 0 Å². The van der Waals surface area contributed by atoms with Crippen LogP contribution in [0.1, 0.15) is 0 Å². The SMILES string of the molecule is c1ccc(-c2cccc(-c3ccc4c(c3)c3cc(-c5cccc(-c6ccccc6)c5)ccc3n4-c3ccc(N(c4ccccc4)c4ccc(-c5ccc6c(c5)c5ccccc5n6-c5ccccc5)cc4)cc3)c2)cc1.c1ccc(-c2ccccc2-c2ccc3c(c2)c2cc(-c4ccccc4-c4ccccc4)ccc2n3-c2ccc(N(c3ccccc3)c3ccc(-c4ccc5c(c4)c4ccccc4n5-c4ccccc4)cc3)cc2)cc1. The summed E-state index contributed by atoms with van der Waals surface area (Å²) < 4.78 is 9.60. The minimum atomic E-state index is 1.08. The van der Waals surface area contributed by atoms with Gasteiger partial charge in [0.05, 0.1) is 44.1 Å². The van der Waals surface area contributed by atoms with E-state index in [9.17, 15) is 0 Å². The number of hydrogen-bond acceptors (Lipinski definition) is 2. The molecule has 0 aliphatic carbocycles. The van der Waals surface area contributed by atoms with E-state index in [0.717, 1.165) is 78.9 Å². The Kier molecular flexibility index (Phi) is 22.9. The molecule has 704 valence electrons. The second-order valence-electron chi connectivity index (χ2n) is 38.6. The maximum absolute atomic E-state index is 2.43. The average Bonchev–Trinajstić information content (AvgIpc) is 1.58. The van der Waals surface area contributed by atoms with Crippen molar-refractivity contribution in [3.05, 3.63) is 595 Å². The Labute approximate surface area is 871 Å². The molecule has 0 N–H and O–H groups in total. The van der Waals surface area contributed by atoms with Gasteiger partial charge in [-0.3, -0.25) is 0 Å². The second kappa shape index (κ2) is 38.6. The number of benzene rings is 24. The Morgan fingerprint density at radius 3 is 0.593 bits per heavy atom. The van der Waals surface area contributed by atoms with Crippen LogP contribution in [0.4, 0.5) is 34.1 Å². The fourth-order valence-electron chi connectivity index (χ4n) is 22.7. The Morgan fingerprint density at radius 2 is 0.280 bits per heavy atom. The minimum absolute atomic E-state index is 1.08. The molecule has 0 aliphatic heterocycles. The van der Waals surface area contributed by atoms with Gasteiger partial charge in [0.1, 0.15) is 0 Å². The predicted octanol–water partition coefficient (Wildman–Crippen LogP) is 39.4. The van der Waals surface area contributed by atoms with Crippen molar-refractivity contribution in [2.24, 2.45) is 0 Å². The van der Waals surface area contributed by atoms with Crippen LogP contribution in [0.25, 0.3) is 221 Å². The smallest absolute Gasteiger partial charge is 0.0541 e. The van der Waals surface area contributed by atoms with Crippen molar-refractivity contribution in [1.82, 2.24) is 18.3 Å². The number of nitrogens with zero attached hydrogens (tertiary/aromatic N) is 6. The lowest BCUT2D eigenvalue weighted by Crippen LogP contribution is -2.10. The van der Waals surface area contributed by atoms with Crippen LogP contribution < -0.4 is 9.80 Å². The standard InChI is InChI=1S/2C72H49N3/c1-5-19-51(20-6-1)61-27-13-15-29-63(61)54-36-45-71-67(48-54)68-49-55(64-30-16-14-28-62(64)52-21-7-2-8-22-52)37-46-72(68)75(71)60-42-40-59(41-43-60)73(56-23-9-3-10-24-56)58-38-33-50(34-39-58)53-35-44-70-66(47-53)65-31-17-18-32-69(65)74(70)57-25-11-4-12-26-57;1-5-17-50(18-6-1)53-21-15-23-55(45-53)58-34-43-71-67(48-58)68-49-59(56-24-16-22-54(46-56)51-19-7-2-8-20-51)35-44-72(68)75(71)64-40-38-63(39-41-64)73(60-25-9-3-10-26-60)62-36-31-52(32-37-62)57-33-42-70-66(47-57)65-29-13-14-30-69(65)74(70)61-27-11-4-12-28-61/h2*1-49H.